The van der Waals surface area contributed by atoms with E-state index in [1.54, 1.807) is 0 Å². The molecule has 2 N–H and O–H groups in total. The van der Waals surface area contributed by atoms with Gasteiger partial charge in [0.25, 0.3) is 0 Å². The second-order valence-corrected chi connectivity index (χ2v) is 10.3. The van der Waals surface area contributed by atoms with Crippen LogP contribution in [-0.2, 0) is 15.9 Å². The molecule has 6 rings (SSSR count). The third kappa shape index (κ3) is 3.23. The zero-order chi connectivity index (χ0) is 23.0. The lowest BCUT2D eigenvalue weighted by molar-refractivity contribution is -0.168. The normalized spacial score (nSPS) is 28.7. The van der Waals surface area contributed by atoms with Crippen molar-refractivity contribution in [2.75, 3.05) is 5.73 Å². The van der Waals surface area contributed by atoms with Gasteiger partial charge in [-0.3, -0.25) is 0 Å². The summed E-state index contributed by atoms with van der Waals surface area (Å²) in [7, 11) is 0. The number of nitrogen functional groups attached to an aromatic ring is 1. The van der Waals surface area contributed by atoms with Gasteiger partial charge in [-0.15, -0.1) is 0 Å². The molecule has 1 saturated carbocycles. The number of hydrogen-bond acceptors (Lipinski definition) is 6. The summed E-state index contributed by atoms with van der Waals surface area (Å²) < 4.78 is 17.3. The van der Waals surface area contributed by atoms with Crippen LogP contribution in [0.25, 0.3) is 16.7 Å². The number of rotatable bonds is 4. The van der Waals surface area contributed by atoms with Crippen LogP contribution < -0.4 is 5.73 Å². The highest BCUT2D eigenvalue weighted by molar-refractivity contribution is 5.86. The van der Waals surface area contributed by atoms with E-state index >= 15 is 0 Å². The standard InChI is InChI=1S/C25H30N6O2/c1-15-13-27-19-11-16(6-9-30(15)19)5-8-25(4)12-18(20-21(25)33-24(2,3)32-20)31-10-7-17-22(26)28-14-29-23(17)31/h6-7,9-11,13-14,18,20-21H,5,8,12H2,1-4H3,(H2,26,28,29)/t18-,20+,21+,25?/m1/s1. The number of hydrogen-bond donors (Lipinski definition) is 1. The third-order valence-corrected chi connectivity index (χ3v) is 7.52. The molecule has 2 fully saturated rings. The molecular weight excluding hydrogens is 416 g/mol. The van der Waals surface area contributed by atoms with Gasteiger partial charge < -0.3 is 24.2 Å². The average Bonchev–Trinajstić information content (AvgIpc) is 3.51. The monoisotopic (exact) mass is 446 g/mol. The molecule has 0 amide bonds. The molecule has 0 aromatic carbocycles. The van der Waals surface area contributed by atoms with Gasteiger partial charge in [0, 0.05) is 24.3 Å². The lowest BCUT2D eigenvalue weighted by Gasteiger charge is -2.32. The summed E-state index contributed by atoms with van der Waals surface area (Å²) >= 11 is 0. The van der Waals surface area contributed by atoms with Crippen LogP contribution in [0.4, 0.5) is 5.82 Å². The predicted octanol–water partition coefficient (Wildman–Crippen LogP) is 4.07. The number of anilines is 1. The number of pyridine rings is 1. The largest absolute Gasteiger partial charge is 0.383 e. The highest BCUT2D eigenvalue weighted by Crippen LogP contribution is 2.55. The number of nitrogens with two attached hydrogens (primary N) is 1. The lowest BCUT2D eigenvalue weighted by Crippen LogP contribution is -2.34. The Morgan fingerprint density at radius 2 is 1.97 bits per heavy atom. The Labute approximate surface area is 192 Å². The van der Waals surface area contributed by atoms with E-state index in [0.29, 0.717) is 5.82 Å². The van der Waals surface area contributed by atoms with Crippen molar-refractivity contribution in [3.05, 3.63) is 54.4 Å². The van der Waals surface area contributed by atoms with Crippen molar-refractivity contribution in [3.63, 3.8) is 0 Å². The van der Waals surface area contributed by atoms with Gasteiger partial charge in [0.05, 0.1) is 17.5 Å². The van der Waals surface area contributed by atoms with Crippen LogP contribution in [0, 0.1) is 12.3 Å². The molecule has 8 nitrogen and oxygen atoms in total. The smallest absolute Gasteiger partial charge is 0.163 e. The number of aromatic nitrogens is 5. The van der Waals surface area contributed by atoms with Gasteiger partial charge in [-0.25, -0.2) is 15.0 Å². The molecule has 1 saturated heterocycles. The van der Waals surface area contributed by atoms with Crippen molar-refractivity contribution in [1.82, 2.24) is 23.9 Å². The molecule has 1 unspecified atom stereocenters. The van der Waals surface area contributed by atoms with Crippen LogP contribution in [-0.4, -0.2) is 41.9 Å². The second-order valence-electron chi connectivity index (χ2n) is 10.3. The molecule has 0 spiro atoms. The number of aryl methyl sites for hydroxylation is 2. The minimum atomic E-state index is -0.613. The first-order chi connectivity index (χ1) is 15.7. The summed E-state index contributed by atoms with van der Waals surface area (Å²) in [5.74, 6) is -0.108. The Morgan fingerprint density at radius 1 is 1.12 bits per heavy atom. The third-order valence-electron chi connectivity index (χ3n) is 7.52. The van der Waals surface area contributed by atoms with E-state index < -0.39 is 5.79 Å². The van der Waals surface area contributed by atoms with Crippen LogP contribution in [0.3, 0.4) is 0 Å². The summed E-state index contributed by atoms with van der Waals surface area (Å²) in [6, 6.07) is 6.50. The topological polar surface area (TPSA) is 92.5 Å². The Balaban J connectivity index is 1.32. The molecule has 2 aliphatic rings. The number of fused-ring (bicyclic) bond motifs is 3. The number of ether oxygens (including phenoxy) is 2. The van der Waals surface area contributed by atoms with Crippen LogP contribution in [0.5, 0.6) is 0 Å². The zero-order valence-corrected chi connectivity index (χ0v) is 19.5. The minimum absolute atomic E-state index is 0.00605. The fourth-order valence-corrected chi connectivity index (χ4v) is 5.81. The molecule has 4 aromatic heterocycles. The molecule has 5 heterocycles. The van der Waals surface area contributed by atoms with E-state index in [-0.39, 0.29) is 23.7 Å². The van der Waals surface area contributed by atoms with Gasteiger partial charge in [0.2, 0.25) is 0 Å². The number of nitrogens with zero attached hydrogens (tertiary/aromatic N) is 5. The van der Waals surface area contributed by atoms with Crippen molar-refractivity contribution in [1.29, 1.82) is 0 Å². The summed E-state index contributed by atoms with van der Waals surface area (Å²) in [5.41, 5.74) is 10.3. The first-order valence-electron chi connectivity index (χ1n) is 11.6. The summed E-state index contributed by atoms with van der Waals surface area (Å²) in [6.07, 6.45) is 10.5. The maximum Gasteiger partial charge on any atom is 0.163 e. The van der Waals surface area contributed by atoms with Crippen LogP contribution >= 0.6 is 0 Å². The maximum absolute atomic E-state index is 6.50. The highest BCUT2D eigenvalue weighted by atomic mass is 16.8. The van der Waals surface area contributed by atoms with Gasteiger partial charge in [0.15, 0.2) is 5.79 Å². The summed E-state index contributed by atoms with van der Waals surface area (Å²) in [4.78, 5) is 13.2. The van der Waals surface area contributed by atoms with Crippen molar-refractivity contribution >= 4 is 22.5 Å². The fraction of sp³-hybridized carbons (Fsp3) is 0.480. The summed E-state index contributed by atoms with van der Waals surface area (Å²) in [6.45, 7) is 8.42. The lowest BCUT2D eigenvalue weighted by atomic mass is 9.80. The van der Waals surface area contributed by atoms with Gasteiger partial charge in [-0.2, -0.15) is 0 Å². The van der Waals surface area contributed by atoms with Crippen LogP contribution in [0.15, 0.2) is 43.1 Å². The molecule has 0 radical (unpaired) electrons. The van der Waals surface area contributed by atoms with E-state index in [2.05, 4.69) is 62.3 Å². The molecule has 1 aliphatic carbocycles. The molecule has 4 aromatic rings. The fourth-order valence-electron chi connectivity index (χ4n) is 5.81. The molecular formula is C25H30N6O2. The Hall–Kier alpha value is -2.97. The average molecular weight is 447 g/mol. The highest BCUT2D eigenvalue weighted by Gasteiger charge is 2.59. The van der Waals surface area contributed by atoms with Gasteiger partial charge >= 0.3 is 0 Å². The maximum atomic E-state index is 6.50. The Kier molecular flexibility index (Phi) is 4.38. The first kappa shape index (κ1) is 20.6. The molecule has 8 heteroatoms. The van der Waals surface area contributed by atoms with Crippen LogP contribution in [0.1, 0.15) is 50.9 Å². The molecule has 172 valence electrons. The van der Waals surface area contributed by atoms with Crippen molar-refractivity contribution in [2.24, 2.45) is 5.41 Å². The Bertz CT molecular complexity index is 1360. The second kappa shape index (κ2) is 7.01. The number of imidazole rings is 1. The quantitative estimate of drug-likeness (QED) is 0.508. The zero-order valence-electron chi connectivity index (χ0n) is 19.5. The van der Waals surface area contributed by atoms with Crippen molar-refractivity contribution in [2.45, 2.75) is 71.0 Å². The van der Waals surface area contributed by atoms with E-state index in [4.69, 9.17) is 15.2 Å². The van der Waals surface area contributed by atoms with Gasteiger partial charge in [-0.1, -0.05) is 6.92 Å². The Morgan fingerprint density at radius 3 is 2.82 bits per heavy atom. The van der Waals surface area contributed by atoms with Crippen LogP contribution in [0.2, 0.25) is 0 Å². The van der Waals surface area contributed by atoms with E-state index in [1.807, 2.05) is 26.1 Å². The van der Waals surface area contributed by atoms with Gasteiger partial charge in [0.1, 0.15) is 29.5 Å². The van der Waals surface area contributed by atoms with Crippen molar-refractivity contribution in [3.8, 4) is 0 Å². The first-order valence-corrected chi connectivity index (χ1v) is 11.6. The van der Waals surface area contributed by atoms with E-state index in [1.165, 1.54) is 11.9 Å². The van der Waals surface area contributed by atoms with E-state index in [9.17, 15) is 0 Å². The van der Waals surface area contributed by atoms with E-state index in [0.717, 1.165) is 41.6 Å². The molecule has 4 atom stereocenters. The van der Waals surface area contributed by atoms with Crippen molar-refractivity contribution < 1.29 is 9.47 Å². The molecule has 33 heavy (non-hydrogen) atoms. The summed E-state index contributed by atoms with van der Waals surface area (Å²) in [5, 5.41) is 0.879. The molecule has 0 bridgehead atoms. The minimum Gasteiger partial charge on any atom is -0.383 e. The van der Waals surface area contributed by atoms with Gasteiger partial charge in [-0.05, 0) is 69.2 Å². The SMILES string of the molecule is Cc1cnc2cc(CCC3(C)C[C@@H](n4ccc5c(N)ncnc54)[C@@H]4OC(C)(C)O[C@@H]43)ccn12. The predicted molar refractivity (Wildman–Crippen MR) is 126 cm³/mol. The molecule has 1 aliphatic heterocycles.